The van der Waals surface area contributed by atoms with Crippen LogP contribution in [0.1, 0.15) is 31.3 Å². The molecule has 0 fully saturated rings. The van der Waals surface area contributed by atoms with E-state index in [4.69, 9.17) is 16.3 Å². The van der Waals surface area contributed by atoms with E-state index >= 15 is 0 Å². The van der Waals surface area contributed by atoms with Crippen LogP contribution in [0.3, 0.4) is 0 Å². The molecule has 0 amide bonds. The quantitative estimate of drug-likeness (QED) is 0.473. The van der Waals surface area contributed by atoms with E-state index in [9.17, 15) is 8.42 Å². The summed E-state index contributed by atoms with van der Waals surface area (Å²) in [5.74, 6) is 2.09. The van der Waals surface area contributed by atoms with Crippen LogP contribution in [0.4, 0.5) is 0 Å². The highest BCUT2D eigenvalue weighted by molar-refractivity contribution is 7.98. The second-order valence-corrected chi connectivity index (χ2v) is 9.61. The average Bonchev–Trinajstić information content (AvgIpc) is 3.15. The van der Waals surface area contributed by atoms with Gasteiger partial charge in [0.05, 0.1) is 18.0 Å². The van der Waals surface area contributed by atoms with E-state index in [1.165, 1.54) is 12.1 Å². The molecular weight excluding hydrogens is 444 g/mol. The number of nitrogens with one attached hydrogen (secondary N) is 1. The fourth-order valence-electron chi connectivity index (χ4n) is 2.86. The molecule has 30 heavy (non-hydrogen) atoms. The Balaban J connectivity index is 1.72. The number of nitrogens with zero attached hydrogens (tertiary/aromatic N) is 3. The maximum Gasteiger partial charge on any atom is 0.241 e. The van der Waals surface area contributed by atoms with Gasteiger partial charge in [-0.25, -0.2) is 13.1 Å². The van der Waals surface area contributed by atoms with Gasteiger partial charge in [-0.2, -0.15) is 0 Å². The molecule has 1 N–H and O–H groups in total. The summed E-state index contributed by atoms with van der Waals surface area (Å²) in [6.07, 6.45) is 0. The van der Waals surface area contributed by atoms with Crippen LogP contribution < -0.4 is 9.46 Å². The SMILES string of the molecule is CCn1c(SCc2ccc(OC)cc2)nnc1[C@@H](C)NS(=O)(=O)c1ccc(Cl)cc1. The van der Waals surface area contributed by atoms with Crippen molar-refractivity contribution < 1.29 is 13.2 Å². The van der Waals surface area contributed by atoms with Crippen molar-refractivity contribution in [2.75, 3.05) is 7.11 Å². The van der Waals surface area contributed by atoms with Crippen molar-refractivity contribution in [1.29, 1.82) is 0 Å². The largest absolute Gasteiger partial charge is 0.497 e. The fraction of sp³-hybridized carbons (Fsp3) is 0.300. The molecule has 2 aromatic carbocycles. The molecule has 0 spiro atoms. The second-order valence-electron chi connectivity index (χ2n) is 6.52. The molecule has 0 saturated carbocycles. The monoisotopic (exact) mass is 466 g/mol. The Morgan fingerprint density at radius 2 is 1.80 bits per heavy atom. The molecule has 0 bridgehead atoms. The Morgan fingerprint density at radius 1 is 1.13 bits per heavy atom. The lowest BCUT2D eigenvalue weighted by atomic mass is 10.2. The molecule has 0 aliphatic rings. The second kappa shape index (κ2) is 9.82. The van der Waals surface area contributed by atoms with Crippen molar-refractivity contribution in [2.24, 2.45) is 0 Å². The van der Waals surface area contributed by atoms with Gasteiger partial charge in [-0.05, 0) is 55.8 Å². The highest BCUT2D eigenvalue weighted by Crippen LogP contribution is 2.26. The third-order valence-corrected chi connectivity index (χ3v) is 7.28. The van der Waals surface area contributed by atoms with Gasteiger partial charge >= 0.3 is 0 Å². The minimum Gasteiger partial charge on any atom is -0.497 e. The van der Waals surface area contributed by atoms with Gasteiger partial charge in [-0.3, -0.25) is 0 Å². The minimum atomic E-state index is -3.71. The molecule has 3 aromatic rings. The number of thioether (sulfide) groups is 1. The zero-order chi connectivity index (χ0) is 21.7. The zero-order valence-corrected chi connectivity index (χ0v) is 19.3. The van der Waals surface area contributed by atoms with Gasteiger partial charge in [-0.15, -0.1) is 10.2 Å². The molecule has 3 rings (SSSR count). The topological polar surface area (TPSA) is 86.1 Å². The van der Waals surface area contributed by atoms with Crippen LogP contribution in [-0.4, -0.2) is 30.3 Å². The van der Waals surface area contributed by atoms with Gasteiger partial charge in [0.1, 0.15) is 5.75 Å². The van der Waals surface area contributed by atoms with Gasteiger partial charge in [0, 0.05) is 17.3 Å². The number of hydrogen-bond donors (Lipinski definition) is 1. The van der Waals surface area contributed by atoms with Gasteiger partial charge in [-0.1, -0.05) is 35.5 Å². The third kappa shape index (κ3) is 5.34. The number of benzene rings is 2. The van der Waals surface area contributed by atoms with E-state index in [1.54, 1.807) is 37.9 Å². The first-order valence-corrected chi connectivity index (χ1v) is 12.2. The number of halogens is 1. The lowest BCUT2D eigenvalue weighted by molar-refractivity contribution is 0.414. The Kier molecular flexibility index (Phi) is 7.41. The minimum absolute atomic E-state index is 0.149. The summed E-state index contributed by atoms with van der Waals surface area (Å²) in [5, 5.41) is 9.73. The van der Waals surface area contributed by atoms with Crippen molar-refractivity contribution in [3.05, 3.63) is 64.9 Å². The summed E-state index contributed by atoms with van der Waals surface area (Å²) in [7, 11) is -2.07. The van der Waals surface area contributed by atoms with E-state index < -0.39 is 16.1 Å². The van der Waals surface area contributed by atoms with Crippen molar-refractivity contribution in [3.8, 4) is 5.75 Å². The van der Waals surface area contributed by atoms with Crippen LogP contribution in [-0.2, 0) is 22.3 Å². The number of methoxy groups -OCH3 is 1. The number of sulfonamides is 1. The van der Waals surface area contributed by atoms with Crippen LogP contribution >= 0.6 is 23.4 Å². The molecule has 0 saturated heterocycles. The molecule has 7 nitrogen and oxygen atoms in total. The highest BCUT2D eigenvalue weighted by atomic mass is 35.5. The fourth-order valence-corrected chi connectivity index (χ4v) is 5.15. The summed E-state index contributed by atoms with van der Waals surface area (Å²) in [5.41, 5.74) is 1.13. The number of aromatic nitrogens is 3. The molecule has 160 valence electrons. The molecule has 0 aliphatic heterocycles. The molecule has 1 atom stereocenters. The van der Waals surface area contributed by atoms with Gasteiger partial charge in [0.15, 0.2) is 11.0 Å². The summed E-state index contributed by atoms with van der Waals surface area (Å²) >= 11 is 7.40. The Labute approximate surface area is 185 Å². The van der Waals surface area contributed by atoms with Crippen molar-refractivity contribution in [1.82, 2.24) is 19.5 Å². The molecule has 1 heterocycles. The van der Waals surface area contributed by atoms with Crippen LogP contribution in [0.15, 0.2) is 58.6 Å². The Bertz CT molecular complexity index is 1080. The zero-order valence-electron chi connectivity index (χ0n) is 16.9. The lowest BCUT2D eigenvalue weighted by Gasteiger charge is -2.15. The molecule has 1 aromatic heterocycles. The Hall–Kier alpha value is -2.07. The van der Waals surface area contributed by atoms with E-state index in [2.05, 4.69) is 14.9 Å². The number of hydrogen-bond acceptors (Lipinski definition) is 6. The summed E-state index contributed by atoms with van der Waals surface area (Å²) in [4.78, 5) is 0.149. The van der Waals surface area contributed by atoms with Crippen molar-refractivity contribution in [2.45, 2.75) is 42.2 Å². The lowest BCUT2D eigenvalue weighted by Crippen LogP contribution is -2.29. The standard InChI is InChI=1S/C20H23ClN4O3S2/c1-4-25-19(14(2)24-30(26,27)18-11-7-16(21)8-12-18)22-23-20(25)29-13-15-5-9-17(28-3)10-6-15/h5-12,14,24H,4,13H2,1-3H3/t14-/m1/s1. The molecule has 0 aliphatic carbocycles. The van der Waals surface area contributed by atoms with Crippen LogP contribution in [0, 0.1) is 0 Å². The smallest absolute Gasteiger partial charge is 0.241 e. The van der Waals surface area contributed by atoms with E-state index in [0.29, 0.717) is 23.1 Å². The summed E-state index contributed by atoms with van der Waals surface area (Å²) in [6, 6.07) is 13.3. The predicted molar refractivity (Wildman–Crippen MR) is 118 cm³/mol. The van der Waals surface area contributed by atoms with Crippen molar-refractivity contribution in [3.63, 3.8) is 0 Å². The van der Waals surface area contributed by atoms with Crippen LogP contribution in [0.5, 0.6) is 5.75 Å². The van der Waals surface area contributed by atoms with Crippen LogP contribution in [0.25, 0.3) is 0 Å². The predicted octanol–water partition coefficient (Wildman–Crippen LogP) is 4.29. The molecule has 0 radical (unpaired) electrons. The van der Waals surface area contributed by atoms with Gasteiger partial charge < -0.3 is 9.30 Å². The summed E-state index contributed by atoms with van der Waals surface area (Å²) < 4.78 is 35.1. The van der Waals surface area contributed by atoms with Gasteiger partial charge in [0.25, 0.3) is 0 Å². The van der Waals surface area contributed by atoms with Crippen LogP contribution in [0.2, 0.25) is 5.02 Å². The first-order chi connectivity index (χ1) is 14.3. The number of rotatable bonds is 9. The van der Waals surface area contributed by atoms with E-state index in [0.717, 1.165) is 16.5 Å². The van der Waals surface area contributed by atoms with E-state index in [1.807, 2.05) is 35.8 Å². The van der Waals surface area contributed by atoms with E-state index in [-0.39, 0.29) is 4.90 Å². The average molecular weight is 467 g/mol. The normalized spacial score (nSPS) is 12.7. The summed E-state index contributed by atoms with van der Waals surface area (Å²) in [6.45, 7) is 4.35. The van der Waals surface area contributed by atoms with Gasteiger partial charge in [0.2, 0.25) is 10.0 Å². The molecule has 10 heteroatoms. The molecule has 0 unspecified atom stereocenters. The first-order valence-electron chi connectivity index (χ1n) is 9.30. The third-order valence-electron chi connectivity index (χ3n) is 4.43. The van der Waals surface area contributed by atoms with Crippen molar-refractivity contribution >= 4 is 33.4 Å². The maximum atomic E-state index is 12.7. The maximum absolute atomic E-state index is 12.7. The Morgan fingerprint density at radius 3 is 2.40 bits per heavy atom. The molecular formula is C20H23ClN4O3S2. The number of ether oxygens (including phenoxy) is 1. The highest BCUT2D eigenvalue weighted by Gasteiger charge is 2.23. The first kappa shape index (κ1) is 22.6.